The first kappa shape index (κ1) is 21.7. The van der Waals surface area contributed by atoms with E-state index >= 15 is 0 Å². The molecule has 0 bridgehead atoms. The first-order valence-corrected chi connectivity index (χ1v) is 10.7. The van der Waals surface area contributed by atoms with Gasteiger partial charge in [0.15, 0.2) is 0 Å². The zero-order chi connectivity index (χ0) is 22.3. The van der Waals surface area contributed by atoms with Crippen LogP contribution >= 0.6 is 0 Å². The van der Waals surface area contributed by atoms with Crippen LogP contribution in [0.2, 0.25) is 0 Å². The summed E-state index contributed by atoms with van der Waals surface area (Å²) in [7, 11) is 2.13. The van der Waals surface area contributed by atoms with E-state index in [-0.39, 0.29) is 17.9 Å². The van der Waals surface area contributed by atoms with Crippen molar-refractivity contribution in [3.05, 3.63) is 59.2 Å². The molecule has 2 aromatic carbocycles. The number of halogens is 3. The number of hydrogen-bond donors (Lipinski definition) is 0. The molecule has 31 heavy (non-hydrogen) atoms. The molecule has 0 aliphatic carbocycles. The van der Waals surface area contributed by atoms with Crippen molar-refractivity contribution in [2.45, 2.75) is 44.9 Å². The Balaban J connectivity index is 1.56. The second-order valence-electron chi connectivity index (χ2n) is 8.71. The van der Waals surface area contributed by atoms with E-state index in [4.69, 9.17) is 0 Å². The normalized spacial score (nSPS) is 22.0. The molecule has 0 N–H and O–H groups in total. The molecule has 1 fully saturated rings. The van der Waals surface area contributed by atoms with E-state index < -0.39 is 11.7 Å². The zero-order valence-electron chi connectivity index (χ0n) is 18.1. The SMILES string of the molecule is CC1CN(c2ccc3c(c2)N(C(=O)Cc2ccccc2C(F)(F)F)CC3)CC(C)N1C. The lowest BCUT2D eigenvalue weighted by Crippen LogP contribution is -2.55. The number of piperazine rings is 1. The minimum absolute atomic E-state index is 0.0197. The molecule has 0 aromatic heterocycles. The van der Waals surface area contributed by atoms with Gasteiger partial charge >= 0.3 is 6.18 Å². The molecule has 2 aromatic rings. The third-order valence-electron chi connectivity index (χ3n) is 6.65. The lowest BCUT2D eigenvalue weighted by atomic mass is 10.0. The Morgan fingerprint density at radius 1 is 1.06 bits per heavy atom. The van der Waals surface area contributed by atoms with Crippen molar-refractivity contribution < 1.29 is 18.0 Å². The fourth-order valence-electron chi connectivity index (χ4n) is 4.65. The van der Waals surface area contributed by atoms with Crippen molar-refractivity contribution in [1.29, 1.82) is 0 Å². The Bertz CT molecular complexity index is 963. The monoisotopic (exact) mass is 431 g/mol. The van der Waals surface area contributed by atoms with Gasteiger partial charge in [-0.15, -0.1) is 0 Å². The van der Waals surface area contributed by atoms with Crippen LogP contribution in [0.1, 0.15) is 30.5 Å². The molecule has 4 rings (SSSR count). The number of rotatable bonds is 3. The molecule has 1 amide bonds. The maximum atomic E-state index is 13.3. The lowest BCUT2D eigenvalue weighted by Gasteiger charge is -2.43. The maximum Gasteiger partial charge on any atom is 0.416 e. The number of amides is 1. The molecule has 0 spiro atoms. The molecule has 4 nitrogen and oxygen atoms in total. The van der Waals surface area contributed by atoms with Crippen LogP contribution in [0.15, 0.2) is 42.5 Å². The molecule has 0 radical (unpaired) electrons. The fourth-order valence-corrected chi connectivity index (χ4v) is 4.65. The Morgan fingerprint density at radius 2 is 1.74 bits per heavy atom. The van der Waals surface area contributed by atoms with Crippen molar-refractivity contribution in [1.82, 2.24) is 4.90 Å². The number of fused-ring (bicyclic) bond motifs is 1. The van der Waals surface area contributed by atoms with Crippen molar-refractivity contribution >= 4 is 17.3 Å². The Morgan fingerprint density at radius 3 is 2.42 bits per heavy atom. The van der Waals surface area contributed by atoms with Crippen molar-refractivity contribution in [3.63, 3.8) is 0 Å². The van der Waals surface area contributed by atoms with Crippen molar-refractivity contribution in [2.75, 3.05) is 36.5 Å². The minimum Gasteiger partial charge on any atom is -0.368 e. The van der Waals surface area contributed by atoms with Crippen LogP contribution in [0.3, 0.4) is 0 Å². The number of hydrogen-bond acceptors (Lipinski definition) is 3. The summed E-state index contributed by atoms with van der Waals surface area (Å²) in [5.41, 5.74) is 2.23. The first-order valence-electron chi connectivity index (χ1n) is 10.7. The minimum atomic E-state index is -4.47. The summed E-state index contributed by atoms with van der Waals surface area (Å²) in [4.78, 5) is 19.4. The average Bonchev–Trinajstić information content (AvgIpc) is 3.14. The smallest absolute Gasteiger partial charge is 0.368 e. The van der Waals surface area contributed by atoms with Gasteiger partial charge in [0.25, 0.3) is 0 Å². The standard InChI is InChI=1S/C24H28F3N3O/c1-16-14-29(15-17(2)28(16)3)20-9-8-18-10-11-30(22(18)13-20)23(31)12-19-6-4-5-7-21(19)24(25,26)27/h4-9,13,16-17H,10-12,14-15H2,1-3H3. The molecule has 2 heterocycles. The van der Waals surface area contributed by atoms with E-state index in [0.29, 0.717) is 18.6 Å². The number of nitrogens with zero attached hydrogens (tertiary/aromatic N) is 3. The van der Waals surface area contributed by atoms with E-state index in [1.165, 1.54) is 12.1 Å². The number of likely N-dealkylation sites (N-methyl/N-ethyl adjacent to an activating group) is 1. The second kappa shape index (κ2) is 8.19. The summed E-state index contributed by atoms with van der Waals surface area (Å²) >= 11 is 0. The third-order valence-corrected chi connectivity index (χ3v) is 6.65. The van der Waals surface area contributed by atoms with Gasteiger partial charge in [0.1, 0.15) is 0 Å². The van der Waals surface area contributed by atoms with Gasteiger partial charge in [0.05, 0.1) is 12.0 Å². The highest BCUT2D eigenvalue weighted by molar-refractivity contribution is 5.97. The number of carbonyl (C=O) groups is 1. The summed E-state index contributed by atoms with van der Waals surface area (Å²) in [5.74, 6) is -0.298. The predicted molar refractivity (Wildman–Crippen MR) is 117 cm³/mol. The third kappa shape index (κ3) is 4.28. The average molecular weight is 432 g/mol. The number of carbonyl (C=O) groups excluding carboxylic acids is 1. The van der Waals surface area contributed by atoms with Crippen molar-refractivity contribution in [3.8, 4) is 0 Å². The molecular formula is C24H28F3N3O. The first-order chi connectivity index (χ1) is 14.6. The molecule has 2 aliphatic rings. The van der Waals surface area contributed by atoms with Crippen LogP contribution in [0.5, 0.6) is 0 Å². The zero-order valence-corrected chi connectivity index (χ0v) is 18.1. The predicted octanol–water partition coefficient (Wildman–Crippen LogP) is 4.37. The van der Waals surface area contributed by atoms with E-state index in [0.717, 1.165) is 42.5 Å². The summed E-state index contributed by atoms with van der Waals surface area (Å²) in [6, 6.07) is 12.3. The summed E-state index contributed by atoms with van der Waals surface area (Å²) < 4.78 is 40.0. The van der Waals surface area contributed by atoms with Crippen LogP contribution in [0, 0.1) is 0 Å². The van der Waals surface area contributed by atoms with E-state index in [2.05, 4.69) is 42.8 Å². The number of anilines is 2. The van der Waals surface area contributed by atoms with Crippen molar-refractivity contribution in [2.24, 2.45) is 0 Å². The van der Waals surface area contributed by atoms with Gasteiger partial charge in [-0.1, -0.05) is 24.3 Å². The summed E-state index contributed by atoms with van der Waals surface area (Å²) in [5, 5.41) is 0. The highest BCUT2D eigenvalue weighted by atomic mass is 19.4. The van der Waals surface area contributed by atoms with Crippen LogP contribution in [0.4, 0.5) is 24.5 Å². The highest BCUT2D eigenvalue weighted by Crippen LogP contribution is 2.35. The van der Waals surface area contributed by atoms with Crippen LogP contribution < -0.4 is 9.80 Å². The molecule has 7 heteroatoms. The van der Waals surface area contributed by atoms with Crippen LogP contribution in [-0.2, 0) is 23.8 Å². The summed E-state index contributed by atoms with van der Waals surface area (Å²) in [6.07, 6.45) is -4.01. The van der Waals surface area contributed by atoms with E-state index in [1.54, 1.807) is 11.0 Å². The molecular weight excluding hydrogens is 403 g/mol. The van der Waals surface area contributed by atoms with Crippen LogP contribution in [0.25, 0.3) is 0 Å². The Labute approximate surface area is 181 Å². The Kier molecular flexibility index (Phi) is 5.73. The highest BCUT2D eigenvalue weighted by Gasteiger charge is 2.35. The molecule has 1 saturated heterocycles. The quantitative estimate of drug-likeness (QED) is 0.722. The molecule has 2 unspecified atom stereocenters. The molecule has 0 saturated carbocycles. The molecule has 2 atom stereocenters. The van der Waals surface area contributed by atoms with E-state index in [1.807, 2.05) is 6.07 Å². The van der Waals surface area contributed by atoms with Gasteiger partial charge < -0.3 is 9.80 Å². The van der Waals surface area contributed by atoms with Gasteiger partial charge in [-0.2, -0.15) is 13.2 Å². The lowest BCUT2D eigenvalue weighted by molar-refractivity contribution is -0.138. The van der Waals surface area contributed by atoms with Gasteiger partial charge in [-0.05, 0) is 56.6 Å². The van der Waals surface area contributed by atoms with Gasteiger partial charge in [-0.25, -0.2) is 0 Å². The van der Waals surface area contributed by atoms with Gasteiger partial charge in [0, 0.05) is 43.1 Å². The van der Waals surface area contributed by atoms with E-state index in [9.17, 15) is 18.0 Å². The topological polar surface area (TPSA) is 26.8 Å². The van der Waals surface area contributed by atoms with Crippen LogP contribution in [-0.4, -0.2) is 49.6 Å². The largest absolute Gasteiger partial charge is 0.416 e. The second-order valence-corrected chi connectivity index (χ2v) is 8.71. The molecule has 166 valence electrons. The van der Waals surface area contributed by atoms with Gasteiger partial charge in [-0.3, -0.25) is 9.69 Å². The fraction of sp³-hybridized carbons (Fsp3) is 0.458. The maximum absolute atomic E-state index is 13.3. The van der Waals surface area contributed by atoms with Gasteiger partial charge in [0.2, 0.25) is 5.91 Å². The number of benzene rings is 2. The molecule has 2 aliphatic heterocycles. The summed E-state index contributed by atoms with van der Waals surface area (Å²) in [6.45, 7) is 6.69. The Hall–Kier alpha value is -2.54. The number of alkyl halides is 3.